The van der Waals surface area contributed by atoms with E-state index in [-0.39, 0.29) is 28.4 Å². The van der Waals surface area contributed by atoms with Crippen molar-refractivity contribution in [3.8, 4) is 5.75 Å². The molecule has 2 rings (SSSR count). The zero-order valence-electron chi connectivity index (χ0n) is 10.2. The Kier molecular flexibility index (Phi) is 3.33. The van der Waals surface area contributed by atoms with Gasteiger partial charge in [-0.15, -0.1) is 0 Å². The molecular formula is C13H12N2O4. The van der Waals surface area contributed by atoms with Crippen LogP contribution in [-0.4, -0.2) is 17.9 Å². The summed E-state index contributed by atoms with van der Waals surface area (Å²) >= 11 is 0. The molecule has 0 aliphatic heterocycles. The van der Waals surface area contributed by atoms with E-state index in [9.17, 15) is 19.5 Å². The Labute approximate surface area is 108 Å². The lowest BCUT2D eigenvalue weighted by Crippen LogP contribution is -2.36. The first kappa shape index (κ1) is 12.8. The van der Waals surface area contributed by atoms with Crippen LogP contribution in [0.2, 0.25) is 0 Å². The van der Waals surface area contributed by atoms with Crippen LogP contribution in [0.1, 0.15) is 17.3 Å². The number of para-hydroxylation sites is 1. The molecule has 0 bridgehead atoms. The second-order valence-electron chi connectivity index (χ2n) is 3.92. The summed E-state index contributed by atoms with van der Waals surface area (Å²) in [6, 6.07) is 4.51. The normalized spacial score (nSPS) is 10.4. The highest BCUT2D eigenvalue weighted by Gasteiger charge is 2.21. The van der Waals surface area contributed by atoms with Gasteiger partial charge in [0.1, 0.15) is 17.1 Å². The minimum Gasteiger partial charge on any atom is -0.505 e. The van der Waals surface area contributed by atoms with Crippen molar-refractivity contribution in [1.29, 1.82) is 0 Å². The van der Waals surface area contributed by atoms with Gasteiger partial charge in [-0.1, -0.05) is 6.07 Å². The quantitative estimate of drug-likeness (QED) is 0.421. The lowest BCUT2D eigenvalue weighted by atomic mass is 10.1. The van der Waals surface area contributed by atoms with Crippen molar-refractivity contribution in [2.24, 2.45) is 0 Å². The molecule has 0 atom stereocenters. The SMILES string of the molecule is CCNc1c(Nc2cccc(C=O)c2O)c(=O)c1=O. The van der Waals surface area contributed by atoms with E-state index in [0.29, 0.717) is 12.8 Å². The summed E-state index contributed by atoms with van der Waals surface area (Å²) in [5.41, 5.74) is -0.625. The Balaban J connectivity index is 2.38. The van der Waals surface area contributed by atoms with Gasteiger partial charge in [0, 0.05) is 6.54 Å². The highest BCUT2D eigenvalue weighted by atomic mass is 16.3. The minimum atomic E-state index is -0.646. The van der Waals surface area contributed by atoms with Gasteiger partial charge in [0.05, 0.1) is 11.3 Å². The standard InChI is InChI=1S/C13H12N2O4/c1-2-14-9-10(13(19)12(9)18)15-8-5-3-4-7(6-16)11(8)17/h3-6,14-15,17H,2H2,1H3. The fourth-order valence-corrected chi connectivity index (χ4v) is 1.75. The largest absolute Gasteiger partial charge is 0.505 e. The smallest absolute Gasteiger partial charge is 0.253 e. The molecule has 0 aromatic heterocycles. The second kappa shape index (κ2) is 4.93. The van der Waals surface area contributed by atoms with Gasteiger partial charge in [0.2, 0.25) is 0 Å². The third kappa shape index (κ3) is 2.08. The summed E-state index contributed by atoms with van der Waals surface area (Å²) in [4.78, 5) is 33.5. The van der Waals surface area contributed by atoms with E-state index >= 15 is 0 Å². The fraction of sp³-hybridized carbons (Fsp3) is 0.154. The Bertz CT molecular complexity index is 699. The summed E-state index contributed by atoms with van der Waals surface area (Å²) in [7, 11) is 0. The first-order valence-corrected chi connectivity index (χ1v) is 5.71. The van der Waals surface area contributed by atoms with Crippen molar-refractivity contribution in [2.45, 2.75) is 6.92 Å². The average Bonchev–Trinajstić information content (AvgIpc) is 2.43. The predicted octanol–water partition coefficient (Wildman–Crippen LogP) is 0.976. The highest BCUT2D eigenvalue weighted by Crippen LogP contribution is 2.30. The van der Waals surface area contributed by atoms with Gasteiger partial charge in [-0.3, -0.25) is 14.4 Å². The molecule has 19 heavy (non-hydrogen) atoms. The third-order valence-corrected chi connectivity index (χ3v) is 2.72. The maximum Gasteiger partial charge on any atom is 0.253 e. The predicted molar refractivity (Wildman–Crippen MR) is 72.3 cm³/mol. The zero-order chi connectivity index (χ0) is 14.0. The van der Waals surface area contributed by atoms with Crippen LogP contribution in [0.5, 0.6) is 5.75 Å². The van der Waals surface area contributed by atoms with Gasteiger partial charge in [-0.25, -0.2) is 0 Å². The van der Waals surface area contributed by atoms with Crippen LogP contribution in [0.3, 0.4) is 0 Å². The number of nitrogens with one attached hydrogen (secondary N) is 2. The van der Waals surface area contributed by atoms with Gasteiger partial charge < -0.3 is 15.7 Å². The van der Waals surface area contributed by atoms with Crippen molar-refractivity contribution in [1.82, 2.24) is 0 Å². The number of phenolic OH excluding ortho intramolecular Hbond substituents is 1. The molecule has 0 saturated carbocycles. The lowest BCUT2D eigenvalue weighted by molar-refractivity contribution is 0.112. The molecule has 2 aromatic rings. The highest BCUT2D eigenvalue weighted by molar-refractivity contribution is 5.87. The number of carbonyl (C=O) groups excluding carboxylic acids is 1. The van der Waals surface area contributed by atoms with E-state index in [4.69, 9.17) is 0 Å². The average molecular weight is 260 g/mol. The van der Waals surface area contributed by atoms with Gasteiger partial charge >= 0.3 is 0 Å². The Morgan fingerprint density at radius 3 is 2.53 bits per heavy atom. The molecule has 0 heterocycles. The number of phenols is 1. The molecule has 2 aromatic carbocycles. The molecule has 0 spiro atoms. The summed E-state index contributed by atoms with van der Waals surface area (Å²) in [6.45, 7) is 2.30. The van der Waals surface area contributed by atoms with Crippen molar-refractivity contribution in [3.63, 3.8) is 0 Å². The van der Waals surface area contributed by atoms with Crippen LogP contribution in [-0.2, 0) is 0 Å². The van der Waals surface area contributed by atoms with Crippen LogP contribution >= 0.6 is 0 Å². The van der Waals surface area contributed by atoms with Gasteiger partial charge in [0.15, 0.2) is 6.29 Å². The maximum absolute atomic E-state index is 11.5. The number of aldehydes is 1. The Hall–Kier alpha value is -2.63. The molecule has 98 valence electrons. The summed E-state index contributed by atoms with van der Waals surface area (Å²) < 4.78 is 0. The molecule has 0 amide bonds. The van der Waals surface area contributed by atoms with Crippen LogP contribution in [0, 0.1) is 0 Å². The monoisotopic (exact) mass is 260 g/mol. The van der Waals surface area contributed by atoms with E-state index in [1.165, 1.54) is 12.1 Å². The van der Waals surface area contributed by atoms with E-state index in [2.05, 4.69) is 10.6 Å². The number of aromatic hydroxyl groups is 1. The van der Waals surface area contributed by atoms with Crippen LogP contribution < -0.4 is 21.5 Å². The number of anilines is 3. The molecule has 3 N–H and O–H groups in total. The van der Waals surface area contributed by atoms with Crippen molar-refractivity contribution >= 4 is 23.3 Å². The van der Waals surface area contributed by atoms with E-state index in [1.807, 2.05) is 0 Å². The van der Waals surface area contributed by atoms with Crippen LogP contribution in [0.4, 0.5) is 17.1 Å². The molecule has 0 saturated heterocycles. The Morgan fingerprint density at radius 2 is 1.89 bits per heavy atom. The number of carbonyl (C=O) groups is 1. The van der Waals surface area contributed by atoms with Gasteiger partial charge in [-0.05, 0) is 19.1 Å². The van der Waals surface area contributed by atoms with Crippen molar-refractivity contribution in [2.75, 3.05) is 17.2 Å². The number of hydrogen-bond acceptors (Lipinski definition) is 6. The zero-order valence-corrected chi connectivity index (χ0v) is 10.2. The molecule has 6 heteroatoms. The molecule has 0 aliphatic carbocycles. The molecular weight excluding hydrogens is 248 g/mol. The Morgan fingerprint density at radius 1 is 1.21 bits per heavy atom. The first-order chi connectivity index (χ1) is 9.10. The topological polar surface area (TPSA) is 95.5 Å². The number of rotatable bonds is 5. The summed E-state index contributed by atoms with van der Waals surface area (Å²) in [5, 5.41) is 15.2. The number of hydrogen-bond donors (Lipinski definition) is 3. The molecule has 0 unspecified atom stereocenters. The van der Waals surface area contributed by atoms with Crippen LogP contribution in [0.15, 0.2) is 27.8 Å². The van der Waals surface area contributed by atoms with E-state index < -0.39 is 10.9 Å². The fourth-order valence-electron chi connectivity index (χ4n) is 1.75. The van der Waals surface area contributed by atoms with Crippen LogP contribution in [0.25, 0.3) is 0 Å². The van der Waals surface area contributed by atoms with Gasteiger partial charge in [-0.2, -0.15) is 0 Å². The third-order valence-electron chi connectivity index (χ3n) is 2.72. The summed E-state index contributed by atoms with van der Waals surface area (Å²) in [6.07, 6.45) is 0.508. The summed E-state index contributed by atoms with van der Waals surface area (Å²) in [5.74, 6) is -0.256. The maximum atomic E-state index is 11.5. The minimum absolute atomic E-state index is 0.102. The second-order valence-corrected chi connectivity index (χ2v) is 3.92. The van der Waals surface area contributed by atoms with E-state index in [0.717, 1.165) is 0 Å². The lowest BCUT2D eigenvalue weighted by Gasteiger charge is -2.15. The number of benzene rings is 1. The molecule has 0 radical (unpaired) electrons. The first-order valence-electron chi connectivity index (χ1n) is 5.71. The van der Waals surface area contributed by atoms with Crippen molar-refractivity contribution in [3.05, 3.63) is 44.2 Å². The molecule has 0 fully saturated rings. The van der Waals surface area contributed by atoms with Gasteiger partial charge in [0.25, 0.3) is 10.9 Å². The van der Waals surface area contributed by atoms with E-state index in [1.54, 1.807) is 13.0 Å². The van der Waals surface area contributed by atoms with Crippen molar-refractivity contribution < 1.29 is 9.90 Å². The molecule has 6 nitrogen and oxygen atoms in total. The molecule has 0 aliphatic rings.